The molecule has 3 rings (SSSR count). The molecule has 0 bridgehead atoms. The Morgan fingerprint density at radius 2 is 1.97 bits per heavy atom. The van der Waals surface area contributed by atoms with Gasteiger partial charge in [-0.3, -0.25) is 0 Å². The summed E-state index contributed by atoms with van der Waals surface area (Å²) in [7, 11) is 3.34. The first-order chi connectivity index (χ1) is 13.9. The fourth-order valence-electron chi connectivity index (χ4n) is 2.55. The van der Waals surface area contributed by atoms with E-state index in [1.54, 1.807) is 26.4 Å². The highest BCUT2D eigenvalue weighted by Gasteiger charge is 2.19. The summed E-state index contributed by atoms with van der Waals surface area (Å²) in [6.45, 7) is 1.87. The van der Waals surface area contributed by atoms with E-state index in [1.807, 2.05) is 6.92 Å². The second-order valence-electron chi connectivity index (χ2n) is 5.80. The molecule has 0 aliphatic rings. The average molecular weight is 482 g/mol. The molecular formula is C17H18BrClN8O2. The number of nitrogens with zero attached hydrogens (tertiary/aromatic N) is 5. The number of aromatic nitrogens is 5. The van der Waals surface area contributed by atoms with Crippen LogP contribution in [-0.4, -0.2) is 45.2 Å². The molecule has 3 heterocycles. The monoisotopic (exact) mass is 480 g/mol. The summed E-state index contributed by atoms with van der Waals surface area (Å²) in [6, 6.07) is 1.08. The third-order valence-corrected chi connectivity index (χ3v) is 5.07. The first-order valence-electron chi connectivity index (χ1n) is 8.43. The lowest BCUT2D eigenvalue weighted by Crippen LogP contribution is -2.21. The highest BCUT2D eigenvalue weighted by Crippen LogP contribution is 2.36. The molecule has 0 spiro atoms. The molecule has 0 saturated carbocycles. The Kier molecular flexibility index (Phi) is 6.62. The minimum atomic E-state index is -0.483. The molecule has 3 N–H and O–H groups in total. The van der Waals surface area contributed by atoms with Gasteiger partial charge in [0.25, 0.3) is 0 Å². The van der Waals surface area contributed by atoms with E-state index in [1.165, 1.54) is 23.4 Å². The lowest BCUT2D eigenvalue weighted by atomic mass is 10.1. The summed E-state index contributed by atoms with van der Waals surface area (Å²) >= 11 is 9.74. The van der Waals surface area contributed by atoms with E-state index >= 15 is 0 Å². The molecule has 0 aromatic carbocycles. The molecular weight excluding hydrogens is 464 g/mol. The minimum Gasteiger partial charge on any atom is -0.377 e. The summed E-state index contributed by atoms with van der Waals surface area (Å²) in [5, 5.41) is 16.7. The lowest BCUT2D eigenvalue weighted by molar-refractivity contribution is 0.119. The van der Waals surface area contributed by atoms with Crippen LogP contribution in [0.2, 0.25) is 5.02 Å². The number of methoxy groups -OCH3 is 1. The molecule has 0 aliphatic heterocycles. The summed E-state index contributed by atoms with van der Waals surface area (Å²) in [4.78, 5) is 22.3. The second kappa shape index (κ2) is 9.16. The zero-order valence-corrected chi connectivity index (χ0v) is 18.1. The van der Waals surface area contributed by atoms with Crippen molar-refractivity contribution in [2.45, 2.75) is 13.0 Å². The molecule has 0 aliphatic carbocycles. The van der Waals surface area contributed by atoms with Gasteiger partial charge in [-0.1, -0.05) is 11.6 Å². The standard InChI is InChI=1S/C17H18BrClN8O2/c1-9(29-3)13-12(8-21-15(20-2)14(13)18)26-17(28)25-10-6-11(19)16(22-7-10)27-23-4-5-24-27/h4-9H,1-3H3,(H,20,21)(H2,25,26,28)/t9-/m1/s1. The molecule has 3 aromatic heterocycles. The van der Waals surface area contributed by atoms with Crippen LogP contribution in [0.3, 0.4) is 0 Å². The SMILES string of the molecule is CNc1ncc(NC(=O)Nc2cnc(-n3nccn3)c(Cl)c2)c([C@@H](C)OC)c1Br. The lowest BCUT2D eigenvalue weighted by Gasteiger charge is -2.19. The smallest absolute Gasteiger partial charge is 0.323 e. The molecule has 12 heteroatoms. The molecule has 1 atom stereocenters. The van der Waals surface area contributed by atoms with Crippen molar-refractivity contribution in [3.05, 3.63) is 45.9 Å². The Hall–Kier alpha value is -2.76. The average Bonchev–Trinajstić information content (AvgIpc) is 3.22. The number of hydrogen-bond acceptors (Lipinski definition) is 7. The van der Waals surface area contributed by atoms with E-state index in [4.69, 9.17) is 16.3 Å². The fraction of sp³-hybridized carbons (Fsp3) is 0.235. The number of carbonyl (C=O) groups is 1. The van der Waals surface area contributed by atoms with Crippen LogP contribution in [0.1, 0.15) is 18.6 Å². The molecule has 152 valence electrons. The van der Waals surface area contributed by atoms with E-state index in [-0.39, 0.29) is 11.1 Å². The van der Waals surface area contributed by atoms with Gasteiger partial charge in [-0.05, 0) is 28.9 Å². The first kappa shape index (κ1) is 21.0. The molecule has 0 radical (unpaired) electrons. The van der Waals surface area contributed by atoms with Crippen molar-refractivity contribution in [2.24, 2.45) is 0 Å². The summed E-state index contributed by atoms with van der Waals surface area (Å²) in [5.74, 6) is 0.989. The van der Waals surface area contributed by atoms with E-state index in [0.29, 0.717) is 27.5 Å². The third-order valence-electron chi connectivity index (χ3n) is 3.99. The van der Waals surface area contributed by atoms with Crippen molar-refractivity contribution in [2.75, 3.05) is 30.1 Å². The van der Waals surface area contributed by atoms with E-state index < -0.39 is 6.03 Å². The van der Waals surface area contributed by atoms with Gasteiger partial charge in [0, 0.05) is 19.7 Å². The first-order valence-corrected chi connectivity index (χ1v) is 9.60. The van der Waals surface area contributed by atoms with E-state index in [9.17, 15) is 4.79 Å². The number of carbonyl (C=O) groups excluding carboxylic acids is 1. The number of rotatable bonds is 6. The van der Waals surface area contributed by atoms with Crippen LogP contribution in [-0.2, 0) is 4.74 Å². The third kappa shape index (κ3) is 4.63. The largest absolute Gasteiger partial charge is 0.377 e. The molecule has 0 saturated heterocycles. The van der Waals surface area contributed by atoms with Crippen LogP contribution < -0.4 is 16.0 Å². The number of hydrogen-bond donors (Lipinski definition) is 3. The highest BCUT2D eigenvalue weighted by molar-refractivity contribution is 9.10. The van der Waals surface area contributed by atoms with Crippen molar-refractivity contribution < 1.29 is 9.53 Å². The Labute approximate surface area is 180 Å². The molecule has 3 aromatic rings. The minimum absolute atomic E-state index is 0.285. The highest BCUT2D eigenvalue weighted by atomic mass is 79.9. The van der Waals surface area contributed by atoms with Crippen LogP contribution in [0.25, 0.3) is 5.82 Å². The van der Waals surface area contributed by atoms with Crippen LogP contribution in [0.4, 0.5) is 22.0 Å². The van der Waals surface area contributed by atoms with Crippen LogP contribution >= 0.6 is 27.5 Å². The molecule has 0 unspecified atom stereocenters. The topological polar surface area (TPSA) is 119 Å². The summed E-state index contributed by atoms with van der Waals surface area (Å²) in [5.41, 5.74) is 1.65. The van der Waals surface area contributed by atoms with Crippen molar-refractivity contribution >= 4 is 50.8 Å². The number of ether oxygens (including phenoxy) is 1. The van der Waals surface area contributed by atoms with Gasteiger partial charge >= 0.3 is 6.03 Å². The molecule has 2 amide bonds. The number of anilines is 3. The van der Waals surface area contributed by atoms with Gasteiger partial charge in [-0.15, -0.1) is 4.80 Å². The maximum absolute atomic E-state index is 12.5. The van der Waals surface area contributed by atoms with Crippen molar-refractivity contribution in [1.82, 2.24) is 25.0 Å². The van der Waals surface area contributed by atoms with Gasteiger partial charge in [0.15, 0.2) is 5.82 Å². The zero-order valence-electron chi connectivity index (χ0n) is 15.8. The van der Waals surface area contributed by atoms with Gasteiger partial charge in [0.1, 0.15) is 5.82 Å². The number of nitrogens with one attached hydrogen (secondary N) is 3. The maximum Gasteiger partial charge on any atom is 0.323 e. The Bertz CT molecular complexity index is 1010. The number of halogens is 2. The summed E-state index contributed by atoms with van der Waals surface area (Å²) < 4.78 is 6.12. The predicted molar refractivity (Wildman–Crippen MR) is 114 cm³/mol. The molecule has 10 nitrogen and oxygen atoms in total. The predicted octanol–water partition coefficient (Wildman–Crippen LogP) is 3.87. The maximum atomic E-state index is 12.5. The van der Waals surface area contributed by atoms with Crippen molar-refractivity contribution in [3.63, 3.8) is 0 Å². The van der Waals surface area contributed by atoms with Crippen LogP contribution in [0.15, 0.2) is 35.3 Å². The van der Waals surface area contributed by atoms with E-state index in [2.05, 4.69) is 52.0 Å². The van der Waals surface area contributed by atoms with Gasteiger partial charge in [0.2, 0.25) is 0 Å². The van der Waals surface area contributed by atoms with E-state index in [0.717, 1.165) is 5.56 Å². The number of pyridine rings is 2. The van der Waals surface area contributed by atoms with Gasteiger partial charge in [-0.25, -0.2) is 14.8 Å². The van der Waals surface area contributed by atoms with Gasteiger partial charge in [0.05, 0.1) is 51.8 Å². The van der Waals surface area contributed by atoms with Crippen molar-refractivity contribution in [3.8, 4) is 5.82 Å². The normalized spacial score (nSPS) is 11.8. The van der Waals surface area contributed by atoms with Gasteiger partial charge < -0.3 is 20.7 Å². The van der Waals surface area contributed by atoms with Crippen molar-refractivity contribution in [1.29, 1.82) is 0 Å². The quantitative estimate of drug-likeness (QED) is 0.489. The fourth-order valence-corrected chi connectivity index (χ4v) is 3.62. The van der Waals surface area contributed by atoms with Gasteiger partial charge in [-0.2, -0.15) is 10.2 Å². The van der Waals surface area contributed by atoms with Crippen LogP contribution in [0.5, 0.6) is 0 Å². The molecule has 0 fully saturated rings. The second-order valence-corrected chi connectivity index (χ2v) is 7.00. The zero-order chi connectivity index (χ0) is 21.0. The Morgan fingerprint density at radius 3 is 2.59 bits per heavy atom. The molecule has 29 heavy (non-hydrogen) atoms. The number of urea groups is 1. The Morgan fingerprint density at radius 1 is 1.24 bits per heavy atom. The Balaban J connectivity index is 1.79. The summed E-state index contributed by atoms with van der Waals surface area (Å²) in [6.07, 6.45) is 5.76. The van der Waals surface area contributed by atoms with Crippen LogP contribution in [0, 0.1) is 0 Å². The number of amides is 2.